The van der Waals surface area contributed by atoms with Crippen molar-refractivity contribution in [3.8, 4) is 0 Å². The number of Topliss-reactive ketones (excluding diaryl/α,β-unsaturated/α-hetero) is 2. The summed E-state index contributed by atoms with van der Waals surface area (Å²) < 4.78 is 37.2. The molecule has 1 rings (SSSR count). The van der Waals surface area contributed by atoms with Gasteiger partial charge in [-0.05, 0) is 12.8 Å². The molecule has 2 nitrogen and oxygen atoms in total. The predicted molar refractivity (Wildman–Crippen MR) is 61.1 cm³/mol. The molecule has 0 aromatic carbocycles. The van der Waals surface area contributed by atoms with Crippen molar-refractivity contribution < 1.29 is 22.8 Å². The van der Waals surface area contributed by atoms with Gasteiger partial charge in [-0.25, -0.2) is 0 Å². The van der Waals surface area contributed by atoms with Gasteiger partial charge in [0.05, 0.1) is 5.92 Å². The zero-order valence-electron chi connectivity index (χ0n) is 10.4. The predicted octanol–water partition coefficient (Wildman–Crippen LogP) is 3.83. The van der Waals surface area contributed by atoms with Gasteiger partial charge in [-0.2, -0.15) is 13.2 Å². The summed E-state index contributed by atoms with van der Waals surface area (Å²) in [5.41, 5.74) is 0. The fraction of sp³-hybridized carbons (Fsp3) is 0.846. The van der Waals surface area contributed by atoms with Crippen molar-refractivity contribution in [1.82, 2.24) is 0 Å². The van der Waals surface area contributed by atoms with Crippen LogP contribution in [0.15, 0.2) is 0 Å². The van der Waals surface area contributed by atoms with Crippen LogP contribution in [0.4, 0.5) is 13.2 Å². The monoisotopic (exact) mass is 264 g/mol. The topological polar surface area (TPSA) is 34.1 Å². The molecule has 104 valence electrons. The molecule has 1 atom stereocenters. The standard InChI is InChI=1S/C13H19F3O2/c14-13(15,16)12(18)10-8-6-4-2-1-3-5-7-9-11(10)17/h10H,1-9H2. The van der Waals surface area contributed by atoms with Crippen LogP contribution in [-0.4, -0.2) is 17.7 Å². The van der Waals surface area contributed by atoms with Gasteiger partial charge in [-0.3, -0.25) is 9.59 Å². The molecule has 1 saturated carbocycles. The molecule has 1 fully saturated rings. The van der Waals surface area contributed by atoms with Crippen LogP contribution in [0.1, 0.15) is 57.8 Å². The molecule has 5 heteroatoms. The summed E-state index contributed by atoms with van der Waals surface area (Å²) in [5, 5.41) is 0. The minimum Gasteiger partial charge on any atom is -0.299 e. The van der Waals surface area contributed by atoms with Crippen LogP contribution in [0, 0.1) is 5.92 Å². The Morgan fingerprint density at radius 1 is 0.944 bits per heavy atom. The van der Waals surface area contributed by atoms with Gasteiger partial charge >= 0.3 is 6.18 Å². The zero-order chi connectivity index (χ0) is 13.6. The minimum absolute atomic E-state index is 0.0528. The Morgan fingerprint density at radius 3 is 2.00 bits per heavy atom. The summed E-state index contributed by atoms with van der Waals surface area (Å²) in [6.45, 7) is 0. The molecule has 1 unspecified atom stereocenters. The second kappa shape index (κ2) is 6.90. The molecule has 0 aliphatic heterocycles. The van der Waals surface area contributed by atoms with E-state index in [9.17, 15) is 22.8 Å². The molecule has 1 aliphatic rings. The average Bonchev–Trinajstić information content (AvgIpc) is 2.33. The smallest absolute Gasteiger partial charge is 0.299 e. The SMILES string of the molecule is O=C1CCCCCCCCCC1C(=O)C(F)(F)F. The van der Waals surface area contributed by atoms with E-state index in [1.54, 1.807) is 0 Å². The molecule has 0 aromatic rings. The van der Waals surface area contributed by atoms with Gasteiger partial charge in [-0.1, -0.05) is 38.5 Å². The van der Waals surface area contributed by atoms with Gasteiger partial charge < -0.3 is 0 Å². The Bertz CT molecular complexity index is 297. The summed E-state index contributed by atoms with van der Waals surface area (Å²) in [5.74, 6) is -3.84. The van der Waals surface area contributed by atoms with E-state index in [1.807, 2.05) is 0 Å². The fourth-order valence-corrected chi connectivity index (χ4v) is 2.34. The maximum atomic E-state index is 12.4. The first-order valence-electron chi connectivity index (χ1n) is 6.56. The third-order valence-corrected chi connectivity index (χ3v) is 3.40. The highest BCUT2D eigenvalue weighted by Gasteiger charge is 2.45. The van der Waals surface area contributed by atoms with Crippen LogP contribution in [0.5, 0.6) is 0 Å². The van der Waals surface area contributed by atoms with Crippen molar-refractivity contribution in [2.45, 2.75) is 64.0 Å². The summed E-state index contributed by atoms with van der Waals surface area (Å²) in [7, 11) is 0. The first-order chi connectivity index (χ1) is 8.43. The molecule has 0 N–H and O–H groups in total. The van der Waals surface area contributed by atoms with Gasteiger partial charge in [0.15, 0.2) is 0 Å². The first-order valence-corrected chi connectivity index (χ1v) is 6.56. The molecule has 0 aromatic heterocycles. The Kier molecular flexibility index (Phi) is 5.82. The van der Waals surface area contributed by atoms with E-state index in [0.29, 0.717) is 12.8 Å². The number of halogens is 3. The molecule has 0 saturated heterocycles. The number of alkyl halides is 3. The third kappa shape index (κ3) is 4.78. The van der Waals surface area contributed by atoms with Gasteiger partial charge in [0.25, 0.3) is 0 Å². The average molecular weight is 264 g/mol. The van der Waals surface area contributed by atoms with Gasteiger partial charge in [0.2, 0.25) is 5.78 Å². The van der Waals surface area contributed by atoms with E-state index in [-0.39, 0.29) is 12.8 Å². The van der Waals surface area contributed by atoms with Crippen molar-refractivity contribution in [2.75, 3.05) is 0 Å². The van der Waals surface area contributed by atoms with Crippen LogP contribution >= 0.6 is 0 Å². The van der Waals surface area contributed by atoms with Crippen LogP contribution in [0.3, 0.4) is 0 Å². The van der Waals surface area contributed by atoms with Crippen LogP contribution in [0.2, 0.25) is 0 Å². The van der Waals surface area contributed by atoms with Crippen LogP contribution < -0.4 is 0 Å². The molecular weight excluding hydrogens is 245 g/mol. The Morgan fingerprint density at radius 2 is 1.44 bits per heavy atom. The van der Waals surface area contributed by atoms with Gasteiger partial charge in [-0.15, -0.1) is 0 Å². The molecule has 1 aliphatic carbocycles. The molecule has 0 radical (unpaired) electrons. The van der Waals surface area contributed by atoms with Gasteiger partial charge in [0.1, 0.15) is 5.78 Å². The lowest BCUT2D eigenvalue weighted by Gasteiger charge is -2.15. The van der Waals surface area contributed by atoms with Crippen molar-refractivity contribution in [1.29, 1.82) is 0 Å². The van der Waals surface area contributed by atoms with Gasteiger partial charge in [0, 0.05) is 6.42 Å². The van der Waals surface area contributed by atoms with E-state index in [2.05, 4.69) is 0 Å². The third-order valence-electron chi connectivity index (χ3n) is 3.40. The first kappa shape index (κ1) is 15.2. The van der Waals surface area contributed by atoms with E-state index in [4.69, 9.17) is 0 Å². The van der Waals surface area contributed by atoms with E-state index in [0.717, 1.165) is 32.1 Å². The Hall–Kier alpha value is -0.870. The lowest BCUT2D eigenvalue weighted by Crippen LogP contribution is -2.35. The highest BCUT2D eigenvalue weighted by Crippen LogP contribution is 2.27. The zero-order valence-corrected chi connectivity index (χ0v) is 10.4. The quantitative estimate of drug-likeness (QED) is 0.674. The Balaban J connectivity index is 2.69. The molecular formula is C13H19F3O2. The normalized spacial score (nSPS) is 24.4. The number of ketones is 2. The highest BCUT2D eigenvalue weighted by atomic mass is 19.4. The maximum absolute atomic E-state index is 12.4. The van der Waals surface area contributed by atoms with Crippen molar-refractivity contribution >= 4 is 11.6 Å². The van der Waals surface area contributed by atoms with E-state index < -0.39 is 23.7 Å². The van der Waals surface area contributed by atoms with Crippen LogP contribution in [-0.2, 0) is 9.59 Å². The van der Waals surface area contributed by atoms with Crippen molar-refractivity contribution in [3.63, 3.8) is 0 Å². The number of hydrogen-bond acceptors (Lipinski definition) is 2. The highest BCUT2D eigenvalue weighted by molar-refractivity contribution is 6.04. The number of hydrogen-bond donors (Lipinski definition) is 0. The second-order valence-corrected chi connectivity index (χ2v) is 4.89. The van der Waals surface area contributed by atoms with Crippen molar-refractivity contribution in [2.24, 2.45) is 5.92 Å². The number of carbonyl (C=O) groups excluding carboxylic acids is 2. The fourth-order valence-electron chi connectivity index (χ4n) is 2.34. The molecule has 0 amide bonds. The van der Waals surface area contributed by atoms with Crippen molar-refractivity contribution in [3.05, 3.63) is 0 Å². The second-order valence-electron chi connectivity index (χ2n) is 4.89. The summed E-state index contributed by atoms with van der Waals surface area (Å²) in [6, 6.07) is 0. The largest absolute Gasteiger partial charge is 0.450 e. The molecule has 0 spiro atoms. The lowest BCUT2D eigenvalue weighted by atomic mass is 9.90. The molecule has 0 heterocycles. The minimum atomic E-state index is -4.89. The summed E-state index contributed by atoms with van der Waals surface area (Å²) in [4.78, 5) is 22.9. The molecule has 0 bridgehead atoms. The van der Waals surface area contributed by atoms with Crippen LogP contribution in [0.25, 0.3) is 0 Å². The summed E-state index contributed by atoms with van der Waals surface area (Å²) in [6.07, 6.45) is 1.11. The van der Waals surface area contributed by atoms with E-state index in [1.165, 1.54) is 0 Å². The van der Waals surface area contributed by atoms with E-state index >= 15 is 0 Å². The molecule has 18 heavy (non-hydrogen) atoms. The maximum Gasteiger partial charge on any atom is 0.450 e. The number of carbonyl (C=O) groups is 2. The number of rotatable bonds is 1. The lowest BCUT2D eigenvalue weighted by molar-refractivity contribution is -0.177. The Labute approximate surface area is 105 Å². The summed E-state index contributed by atoms with van der Waals surface area (Å²) >= 11 is 0.